The maximum atomic E-state index is 12.6. The summed E-state index contributed by atoms with van der Waals surface area (Å²) in [5.74, 6) is -1.84. The van der Waals surface area contributed by atoms with Crippen LogP contribution in [-0.2, 0) is 14.6 Å². The predicted octanol–water partition coefficient (Wildman–Crippen LogP) is 2.61. The van der Waals surface area contributed by atoms with Crippen molar-refractivity contribution in [3.63, 3.8) is 0 Å². The molecule has 1 unspecified atom stereocenters. The normalized spacial score (nSPS) is 14.0. The van der Waals surface area contributed by atoms with Gasteiger partial charge in [0.25, 0.3) is 5.91 Å². The fourth-order valence-electron chi connectivity index (χ4n) is 1.55. The van der Waals surface area contributed by atoms with Crippen molar-refractivity contribution in [2.45, 2.75) is 36.9 Å². The van der Waals surface area contributed by atoms with Gasteiger partial charge < -0.3 is 15.7 Å². The number of carbonyl (C=O) groups excluding carboxylic acids is 1. The highest BCUT2D eigenvalue weighted by Crippen LogP contribution is 2.32. The number of alkyl halides is 3. The quantitative estimate of drug-likeness (QED) is 0.683. The first-order chi connectivity index (χ1) is 11.7. The molecule has 6 nitrogen and oxygen atoms in total. The van der Waals surface area contributed by atoms with Gasteiger partial charge in [-0.05, 0) is 45.6 Å². The lowest BCUT2D eigenvalue weighted by Gasteiger charge is -2.25. The van der Waals surface area contributed by atoms with Crippen molar-refractivity contribution >= 4 is 33.0 Å². The Balaban J connectivity index is 0.00000194. The molecule has 0 bridgehead atoms. The van der Waals surface area contributed by atoms with Gasteiger partial charge in [-0.1, -0.05) is 18.5 Å². The molecule has 0 spiro atoms. The van der Waals surface area contributed by atoms with E-state index in [0.29, 0.717) is 13.3 Å². The summed E-state index contributed by atoms with van der Waals surface area (Å²) < 4.78 is 61.5. The summed E-state index contributed by atoms with van der Waals surface area (Å²) in [5, 5.41) is 13.6. The number of amides is 1. The Morgan fingerprint density at radius 2 is 1.77 bits per heavy atom. The van der Waals surface area contributed by atoms with E-state index in [1.165, 1.54) is 0 Å². The molecule has 0 aliphatic rings. The third-order valence-corrected chi connectivity index (χ3v) is 5.25. The first-order valence-electron chi connectivity index (χ1n) is 7.45. The number of rotatable bonds is 5. The zero-order valence-corrected chi connectivity index (χ0v) is 16.3. The first kappa shape index (κ1) is 24.6. The fourth-order valence-corrected chi connectivity index (χ4v) is 3.19. The highest BCUT2D eigenvalue weighted by Gasteiger charge is 2.55. The smallest absolute Gasteiger partial charge is 0.373 e. The van der Waals surface area contributed by atoms with Crippen LogP contribution in [0.5, 0.6) is 0 Å². The second kappa shape index (κ2) is 9.54. The zero-order valence-electron chi connectivity index (χ0n) is 14.7. The van der Waals surface area contributed by atoms with Gasteiger partial charge in [0.2, 0.25) is 5.60 Å². The van der Waals surface area contributed by atoms with E-state index in [2.05, 4.69) is 5.32 Å². The van der Waals surface area contributed by atoms with Crippen LogP contribution in [-0.4, -0.2) is 51.1 Å². The summed E-state index contributed by atoms with van der Waals surface area (Å²) in [6, 6.07) is 3.22. The van der Waals surface area contributed by atoms with Crippen molar-refractivity contribution in [1.82, 2.24) is 5.32 Å². The number of benzene rings is 1. The topological polar surface area (TPSA) is 95.5 Å². The predicted molar refractivity (Wildman–Crippen MR) is 94.1 cm³/mol. The molecule has 0 radical (unpaired) electrons. The summed E-state index contributed by atoms with van der Waals surface area (Å²) in [6.07, 6.45) is -4.79. The molecule has 0 saturated heterocycles. The van der Waals surface area contributed by atoms with E-state index in [4.69, 9.17) is 11.6 Å². The number of hydrogen-bond donors (Lipinski definition) is 3. The van der Waals surface area contributed by atoms with Crippen LogP contribution in [0.4, 0.5) is 18.9 Å². The van der Waals surface area contributed by atoms with E-state index in [9.17, 15) is 31.5 Å². The van der Waals surface area contributed by atoms with E-state index in [1.807, 2.05) is 19.4 Å². The van der Waals surface area contributed by atoms with Crippen LogP contribution in [0.1, 0.15) is 20.3 Å². The minimum atomic E-state index is -5.17. The summed E-state index contributed by atoms with van der Waals surface area (Å²) >= 11 is 5.80. The Labute approximate surface area is 155 Å². The van der Waals surface area contributed by atoms with Crippen LogP contribution in [0.2, 0.25) is 5.02 Å². The van der Waals surface area contributed by atoms with Gasteiger partial charge in [0, 0.05) is 0 Å². The summed E-state index contributed by atoms with van der Waals surface area (Å²) in [6.45, 7) is 1.98. The van der Waals surface area contributed by atoms with Gasteiger partial charge in [0.15, 0.2) is 9.84 Å². The van der Waals surface area contributed by atoms with Gasteiger partial charge in [-0.3, -0.25) is 4.79 Å². The van der Waals surface area contributed by atoms with Gasteiger partial charge in [0.1, 0.15) is 0 Å². The SMILES string of the molecule is CCCS(=O)(=O)c1ccc(NC(=O)C(C)(O)C(F)(F)F)c(Cl)c1.CNC. The Morgan fingerprint density at radius 1 is 1.27 bits per heavy atom. The number of nitrogens with one attached hydrogen (secondary N) is 2. The summed E-state index contributed by atoms with van der Waals surface area (Å²) in [4.78, 5) is 11.5. The van der Waals surface area contributed by atoms with Crippen molar-refractivity contribution in [2.75, 3.05) is 25.2 Å². The van der Waals surface area contributed by atoms with Gasteiger partial charge in [-0.2, -0.15) is 13.2 Å². The summed E-state index contributed by atoms with van der Waals surface area (Å²) in [7, 11) is 0.194. The van der Waals surface area contributed by atoms with Crippen molar-refractivity contribution in [3.05, 3.63) is 23.2 Å². The molecule has 3 N–H and O–H groups in total. The number of hydrogen-bond acceptors (Lipinski definition) is 5. The maximum absolute atomic E-state index is 12.6. The van der Waals surface area contributed by atoms with E-state index in [1.54, 1.807) is 6.92 Å². The molecule has 150 valence electrons. The van der Waals surface area contributed by atoms with Crippen molar-refractivity contribution in [2.24, 2.45) is 0 Å². The van der Waals surface area contributed by atoms with Crippen LogP contribution in [0.25, 0.3) is 0 Å². The molecule has 1 rings (SSSR count). The summed E-state index contributed by atoms with van der Waals surface area (Å²) in [5.41, 5.74) is -3.85. The van der Waals surface area contributed by atoms with E-state index in [-0.39, 0.29) is 21.4 Å². The molecule has 1 atom stereocenters. The third-order valence-electron chi connectivity index (χ3n) is 3.01. The standard InChI is InChI=1S/C13H15ClF3NO4S.C2H7N/c1-3-6-23(21,22)8-4-5-10(9(14)7-8)18-11(19)12(2,20)13(15,16)17;1-3-2/h4-5,7,20H,3,6H2,1-2H3,(H,18,19);3H,1-2H3. The lowest BCUT2D eigenvalue weighted by atomic mass is 10.1. The average molecular weight is 419 g/mol. The Bertz CT molecular complexity index is 722. The van der Waals surface area contributed by atoms with Gasteiger partial charge in [0.05, 0.1) is 21.4 Å². The molecular weight excluding hydrogens is 397 g/mol. The van der Waals surface area contributed by atoms with E-state index >= 15 is 0 Å². The molecular formula is C15H22ClF3N2O4S. The van der Waals surface area contributed by atoms with Crippen molar-refractivity contribution in [3.8, 4) is 0 Å². The molecule has 0 fully saturated rings. The largest absolute Gasteiger partial charge is 0.426 e. The molecule has 0 aliphatic carbocycles. The maximum Gasteiger partial charge on any atom is 0.426 e. The average Bonchev–Trinajstić information content (AvgIpc) is 2.48. The number of aliphatic hydroxyl groups is 1. The Kier molecular flexibility index (Phi) is 9.04. The van der Waals surface area contributed by atoms with Gasteiger partial charge in [-0.15, -0.1) is 0 Å². The third kappa shape index (κ3) is 6.42. The number of anilines is 1. The second-order valence-corrected chi connectivity index (χ2v) is 8.00. The van der Waals surface area contributed by atoms with Crippen molar-refractivity contribution < 1.29 is 31.5 Å². The Hall–Kier alpha value is -1.36. The molecule has 0 aliphatic heterocycles. The first-order valence-corrected chi connectivity index (χ1v) is 9.49. The molecule has 0 saturated carbocycles. The van der Waals surface area contributed by atoms with Crippen LogP contribution in [0.3, 0.4) is 0 Å². The zero-order chi connectivity index (χ0) is 20.8. The minimum absolute atomic E-state index is 0.107. The molecule has 26 heavy (non-hydrogen) atoms. The van der Waals surface area contributed by atoms with Crippen LogP contribution in [0.15, 0.2) is 23.1 Å². The lowest BCUT2D eigenvalue weighted by molar-refractivity contribution is -0.242. The molecule has 1 amide bonds. The molecule has 0 heterocycles. The molecule has 1 aromatic carbocycles. The highest BCUT2D eigenvalue weighted by atomic mass is 35.5. The minimum Gasteiger partial charge on any atom is -0.373 e. The highest BCUT2D eigenvalue weighted by molar-refractivity contribution is 7.91. The lowest BCUT2D eigenvalue weighted by Crippen LogP contribution is -2.52. The number of carbonyl (C=O) groups is 1. The van der Waals surface area contributed by atoms with E-state index < -0.39 is 27.5 Å². The number of halogens is 4. The van der Waals surface area contributed by atoms with Crippen LogP contribution < -0.4 is 10.6 Å². The molecule has 11 heteroatoms. The molecule has 1 aromatic rings. The van der Waals surface area contributed by atoms with Crippen LogP contribution in [0, 0.1) is 0 Å². The van der Waals surface area contributed by atoms with Crippen molar-refractivity contribution in [1.29, 1.82) is 0 Å². The van der Waals surface area contributed by atoms with Gasteiger partial charge >= 0.3 is 6.18 Å². The van der Waals surface area contributed by atoms with Gasteiger partial charge in [-0.25, -0.2) is 8.42 Å². The monoisotopic (exact) mass is 418 g/mol. The Morgan fingerprint density at radius 3 is 2.15 bits per heavy atom. The number of sulfone groups is 1. The van der Waals surface area contributed by atoms with Crippen LogP contribution >= 0.6 is 11.6 Å². The second-order valence-electron chi connectivity index (χ2n) is 5.48. The molecule has 0 aromatic heterocycles. The van der Waals surface area contributed by atoms with E-state index in [0.717, 1.165) is 18.2 Å². The fraction of sp³-hybridized carbons (Fsp3) is 0.533.